The number of nitrogens with one attached hydrogen (secondary N) is 1. The number of rotatable bonds is 3. The zero-order chi connectivity index (χ0) is 13.3. The van der Waals surface area contributed by atoms with E-state index in [4.69, 9.17) is 5.73 Å². The lowest BCUT2D eigenvalue weighted by Crippen LogP contribution is -2.04. The molecule has 0 radical (unpaired) electrons. The predicted molar refractivity (Wildman–Crippen MR) is 79.4 cm³/mol. The first-order valence-corrected chi connectivity index (χ1v) is 6.89. The minimum Gasteiger partial charge on any atom is -0.382 e. The number of aromatic amines is 1. The first kappa shape index (κ1) is 13.1. The molecule has 0 aliphatic heterocycles. The molecule has 0 bridgehead atoms. The molecule has 0 aliphatic rings. The van der Waals surface area contributed by atoms with E-state index < -0.39 is 0 Å². The lowest BCUT2D eigenvalue weighted by molar-refractivity contribution is 0.523. The van der Waals surface area contributed by atoms with Crippen molar-refractivity contribution < 1.29 is 0 Å². The van der Waals surface area contributed by atoms with Crippen molar-refractivity contribution in [3.05, 3.63) is 34.4 Å². The second kappa shape index (κ2) is 5.14. The minimum atomic E-state index is 0.392. The van der Waals surface area contributed by atoms with Crippen molar-refractivity contribution in [3.8, 4) is 11.1 Å². The quantitative estimate of drug-likeness (QED) is 0.893. The van der Waals surface area contributed by atoms with Crippen LogP contribution >= 0.6 is 15.9 Å². The van der Waals surface area contributed by atoms with Gasteiger partial charge in [0, 0.05) is 21.6 Å². The van der Waals surface area contributed by atoms with Crippen LogP contribution in [0.4, 0.5) is 5.82 Å². The normalized spacial score (nSPS) is 12.9. The van der Waals surface area contributed by atoms with Gasteiger partial charge in [0.2, 0.25) is 0 Å². The first-order chi connectivity index (χ1) is 8.50. The lowest BCUT2D eigenvalue weighted by Gasteiger charge is -2.16. The molecule has 3 N–H and O–H groups in total. The van der Waals surface area contributed by atoms with Gasteiger partial charge in [-0.2, -0.15) is 5.10 Å². The number of halogens is 1. The topological polar surface area (TPSA) is 54.7 Å². The van der Waals surface area contributed by atoms with Crippen molar-refractivity contribution in [2.45, 2.75) is 26.7 Å². The van der Waals surface area contributed by atoms with E-state index in [-0.39, 0.29) is 0 Å². The molecule has 0 fully saturated rings. The van der Waals surface area contributed by atoms with Crippen LogP contribution in [0.15, 0.2) is 28.7 Å². The maximum atomic E-state index is 6.00. The zero-order valence-electron chi connectivity index (χ0n) is 10.9. The van der Waals surface area contributed by atoms with Crippen molar-refractivity contribution in [1.29, 1.82) is 0 Å². The number of nitrogens with two attached hydrogens (primary N) is 1. The van der Waals surface area contributed by atoms with Crippen LogP contribution in [0.5, 0.6) is 0 Å². The smallest absolute Gasteiger partial charge is 0.153 e. The molecular formula is C14H18BrN3. The van der Waals surface area contributed by atoms with E-state index in [1.54, 1.807) is 0 Å². The molecule has 18 heavy (non-hydrogen) atoms. The molecule has 2 rings (SSSR count). The number of benzene rings is 1. The molecule has 0 saturated heterocycles. The summed E-state index contributed by atoms with van der Waals surface area (Å²) in [6.07, 6.45) is 0. The highest BCUT2D eigenvalue weighted by Crippen LogP contribution is 2.35. The Labute approximate surface area is 116 Å². The van der Waals surface area contributed by atoms with Gasteiger partial charge in [-0.1, -0.05) is 48.8 Å². The molecule has 0 spiro atoms. The Bertz CT molecular complexity index is 546. The van der Waals surface area contributed by atoms with E-state index in [1.807, 2.05) is 12.1 Å². The fraction of sp³-hybridized carbons (Fsp3) is 0.357. The van der Waals surface area contributed by atoms with Gasteiger partial charge < -0.3 is 5.73 Å². The Morgan fingerprint density at radius 3 is 2.61 bits per heavy atom. The molecule has 1 unspecified atom stereocenters. The third kappa shape index (κ3) is 2.43. The van der Waals surface area contributed by atoms with Crippen molar-refractivity contribution in [3.63, 3.8) is 0 Å². The standard InChI is InChI=1S/C14H18BrN3/c1-8(2)9(3)13-12(14(16)18-17-13)10-5-4-6-11(15)7-10/h4-9H,1-3H3,(H3,16,17,18). The molecule has 1 atom stereocenters. The summed E-state index contributed by atoms with van der Waals surface area (Å²) in [6.45, 7) is 6.60. The number of hydrogen-bond donors (Lipinski definition) is 2. The van der Waals surface area contributed by atoms with Crippen LogP contribution in [0.3, 0.4) is 0 Å². The molecule has 2 aromatic rings. The van der Waals surface area contributed by atoms with E-state index in [2.05, 4.69) is 59.0 Å². The van der Waals surface area contributed by atoms with Crippen molar-refractivity contribution in [2.75, 3.05) is 5.73 Å². The minimum absolute atomic E-state index is 0.392. The monoisotopic (exact) mass is 307 g/mol. The number of nitrogen functional groups attached to an aromatic ring is 1. The molecular weight excluding hydrogens is 290 g/mol. The van der Waals surface area contributed by atoms with Crippen LogP contribution < -0.4 is 5.73 Å². The maximum absolute atomic E-state index is 6.00. The van der Waals surface area contributed by atoms with Gasteiger partial charge in [0.1, 0.15) is 0 Å². The second-order valence-corrected chi connectivity index (χ2v) is 5.86. The Morgan fingerprint density at radius 1 is 1.28 bits per heavy atom. The molecule has 0 saturated carbocycles. The van der Waals surface area contributed by atoms with Gasteiger partial charge in [-0.25, -0.2) is 0 Å². The highest BCUT2D eigenvalue weighted by atomic mass is 79.9. The molecule has 1 aromatic carbocycles. The van der Waals surface area contributed by atoms with Crippen LogP contribution in [-0.2, 0) is 0 Å². The number of H-pyrrole nitrogens is 1. The van der Waals surface area contributed by atoms with Gasteiger partial charge in [0.05, 0.1) is 0 Å². The number of hydrogen-bond acceptors (Lipinski definition) is 2. The number of nitrogens with zero attached hydrogens (tertiary/aromatic N) is 1. The Morgan fingerprint density at radius 2 is 2.00 bits per heavy atom. The summed E-state index contributed by atoms with van der Waals surface area (Å²) in [5, 5.41) is 7.25. The summed E-state index contributed by atoms with van der Waals surface area (Å²) in [7, 11) is 0. The number of anilines is 1. The van der Waals surface area contributed by atoms with Gasteiger partial charge in [-0.05, 0) is 23.6 Å². The third-order valence-corrected chi connectivity index (χ3v) is 3.88. The Hall–Kier alpha value is -1.29. The summed E-state index contributed by atoms with van der Waals surface area (Å²) >= 11 is 3.49. The summed E-state index contributed by atoms with van der Waals surface area (Å²) in [4.78, 5) is 0. The Balaban J connectivity index is 2.53. The van der Waals surface area contributed by atoms with E-state index in [9.17, 15) is 0 Å². The van der Waals surface area contributed by atoms with Crippen molar-refractivity contribution in [2.24, 2.45) is 5.92 Å². The second-order valence-electron chi connectivity index (χ2n) is 4.94. The molecule has 0 amide bonds. The van der Waals surface area contributed by atoms with Gasteiger partial charge in [0.15, 0.2) is 5.82 Å². The highest BCUT2D eigenvalue weighted by Gasteiger charge is 2.20. The van der Waals surface area contributed by atoms with Gasteiger partial charge in [-0.3, -0.25) is 5.10 Å². The lowest BCUT2D eigenvalue weighted by atomic mass is 9.90. The van der Waals surface area contributed by atoms with E-state index in [1.165, 1.54) is 0 Å². The maximum Gasteiger partial charge on any atom is 0.153 e. The van der Waals surface area contributed by atoms with E-state index in [0.29, 0.717) is 17.7 Å². The molecule has 1 heterocycles. The van der Waals surface area contributed by atoms with E-state index >= 15 is 0 Å². The largest absolute Gasteiger partial charge is 0.382 e. The SMILES string of the molecule is CC(C)C(C)c1[nH]nc(N)c1-c1cccc(Br)c1. The summed E-state index contributed by atoms with van der Waals surface area (Å²) in [5.41, 5.74) is 9.24. The summed E-state index contributed by atoms with van der Waals surface area (Å²) in [6, 6.07) is 8.14. The molecule has 96 valence electrons. The highest BCUT2D eigenvalue weighted by molar-refractivity contribution is 9.10. The average molecular weight is 308 g/mol. The fourth-order valence-corrected chi connectivity index (χ4v) is 2.38. The molecule has 1 aromatic heterocycles. The first-order valence-electron chi connectivity index (χ1n) is 6.10. The third-order valence-electron chi connectivity index (χ3n) is 3.39. The van der Waals surface area contributed by atoms with E-state index in [0.717, 1.165) is 21.3 Å². The molecule has 0 aliphatic carbocycles. The molecule has 4 heteroatoms. The van der Waals surface area contributed by atoms with Crippen LogP contribution in [-0.4, -0.2) is 10.2 Å². The van der Waals surface area contributed by atoms with Crippen LogP contribution in [0.25, 0.3) is 11.1 Å². The van der Waals surface area contributed by atoms with Crippen molar-refractivity contribution in [1.82, 2.24) is 10.2 Å². The fourth-order valence-electron chi connectivity index (χ4n) is 1.98. The average Bonchev–Trinajstić information content (AvgIpc) is 2.70. The van der Waals surface area contributed by atoms with Crippen LogP contribution in [0, 0.1) is 5.92 Å². The molecule has 3 nitrogen and oxygen atoms in total. The predicted octanol–water partition coefficient (Wildman–Crippen LogP) is 4.18. The zero-order valence-corrected chi connectivity index (χ0v) is 12.5. The number of aromatic nitrogens is 2. The Kier molecular flexibility index (Phi) is 3.76. The van der Waals surface area contributed by atoms with Crippen molar-refractivity contribution >= 4 is 21.7 Å². The summed E-state index contributed by atoms with van der Waals surface area (Å²) < 4.78 is 1.05. The van der Waals surface area contributed by atoms with Gasteiger partial charge in [-0.15, -0.1) is 0 Å². The van der Waals surface area contributed by atoms with Crippen LogP contribution in [0.1, 0.15) is 32.4 Å². The van der Waals surface area contributed by atoms with Gasteiger partial charge >= 0.3 is 0 Å². The summed E-state index contributed by atoms with van der Waals surface area (Å²) in [5.74, 6) is 1.50. The van der Waals surface area contributed by atoms with Gasteiger partial charge in [0.25, 0.3) is 0 Å². The van der Waals surface area contributed by atoms with Crippen LogP contribution in [0.2, 0.25) is 0 Å².